The van der Waals surface area contributed by atoms with E-state index in [1.165, 1.54) is 56.1 Å². The molecule has 1 atom stereocenters. The summed E-state index contributed by atoms with van der Waals surface area (Å²) < 4.78 is 6.00. The van der Waals surface area contributed by atoms with Gasteiger partial charge in [0.05, 0.1) is 12.6 Å². The molecule has 0 spiro atoms. The zero-order chi connectivity index (χ0) is 14.9. The van der Waals surface area contributed by atoms with Crippen molar-refractivity contribution >= 4 is 0 Å². The highest BCUT2D eigenvalue weighted by atomic mass is 16.5. The second-order valence-corrected chi connectivity index (χ2v) is 6.37. The quantitative estimate of drug-likeness (QED) is 0.761. The van der Waals surface area contributed by atoms with E-state index in [4.69, 9.17) is 4.74 Å². The van der Waals surface area contributed by atoms with Gasteiger partial charge in [-0.3, -0.25) is 0 Å². The summed E-state index contributed by atoms with van der Waals surface area (Å²) in [5, 5.41) is 3.38. The average Bonchev–Trinajstić information content (AvgIpc) is 2.54. The molecule has 1 aliphatic carbocycles. The number of hydrogen-bond acceptors (Lipinski definition) is 2. The van der Waals surface area contributed by atoms with E-state index in [0.717, 1.165) is 19.1 Å². The summed E-state index contributed by atoms with van der Waals surface area (Å²) in [7, 11) is 2.02. The molecule has 1 saturated carbocycles. The molecule has 1 N–H and O–H groups in total. The van der Waals surface area contributed by atoms with Crippen LogP contribution in [0.3, 0.4) is 0 Å². The lowest BCUT2D eigenvalue weighted by molar-refractivity contribution is 0.0707. The number of aryl methyl sites for hydroxylation is 1. The maximum atomic E-state index is 6.00. The Morgan fingerprint density at radius 1 is 1.14 bits per heavy atom. The Balaban J connectivity index is 1.78. The summed E-state index contributed by atoms with van der Waals surface area (Å²) in [6.07, 6.45) is 9.29. The number of ether oxygens (including phenoxy) is 1. The molecule has 118 valence electrons. The molecule has 21 heavy (non-hydrogen) atoms. The predicted molar refractivity (Wildman–Crippen MR) is 89.6 cm³/mol. The maximum Gasteiger partial charge on any atom is 0.0661 e. The average molecular weight is 289 g/mol. The highest BCUT2D eigenvalue weighted by molar-refractivity contribution is 5.25. The molecule has 0 heterocycles. The summed E-state index contributed by atoms with van der Waals surface area (Å²) in [6.45, 7) is 3.94. The minimum atomic E-state index is 0.310. The summed E-state index contributed by atoms with van der Waals surface area (Å²) in [5.41, 5.74) is 2.76. The first-order valence-corrected chi connectivity index (χ1v) is 8.67. The van der Waals surface area contributed by atoms with Crippen molar-refractivity contribution in [1.29, 1.82) is 0 Å². The smallest absolute Gasteiger partial charge is 0.0661 e. The van der Waals surface area contributed by atoms with Gasteiger partial charge in [-0.05, 0) is 43.4 Å². The van der Waals surface area contributed by atoms with Gasteiger partial charge >= 0.3 is 0 Å². The molecule has 2 nitrogen and oxygen atoms in total. The lowest BCUT2D eigenvalue weighted by Crippen LogP contribution is -2.24. The summed E-state index contributed by atoms with van der Waals surface area (Å²) in [4.78, 5) is 0. The van der Waals surface area contributed by atoms with Crippen molar-refractivity contribution in [2.75, 3.05) is 20.3 Å². The molecule has 1 aromatic rings. The monoisotopic (exact) mass is 289 g/mol. The van der Waals surface area contributed by atoms with Crippen molar-refractivity contribution in [1.82, 2.24) is 5.32 Å². The van der Waals surface area contributed by atoms with Crippen LogP contribution in [0.1, 0.15) is 62.6 Å². The van der Waals surface area contributed by atoms with Gasteiger partial charge in [-0.1, -0.05) is 56.9 Å². The molecule has 1 aromatic carbocycles. The second kappa shape index (κ2) is 9.22. The maximum absolute atomic E-state index is 6.00. The number of nitrogens with one attached hydrogen (secondary N) is 1. The van der Waals surface area contributed by atoms with Gasteiger partial charge in [-0.25, -0.2) is 0 Å². The zero-order valence-electron chi connectivity index (χ0n) is 13.7. The Morgan fingerprint density at radius 3 is 2.48 bits per heavy atom. The van der Waals surface area contributed by atoms with E-state index in [9.17, 15) is 0 Å². The third kappa shape index (κ3) is 5.44. The standard InChI is InChI=1S/C19H31NO/c1-3-7-16-10-12-18(13-11-16)19(20-2)15-21-14-17-8-5-4-6-9-17/h10-13,17,19-20H,3-9,14-15H2,1-2H3. The first-order valence-electron chi connectivity index (χ1n) is 8.67. The van der Waals surface area contributed by atoms with Crippen molar-refractivity contribution in [2.24, 2.45) is 5.92 Å². The molecule has 2 heteroatoms. The minimum Gasteiger partial charge on any atom is -0.379 e. The third-order valence-electron chi connectivity index (χ3n) is 4.63. The Hall–Kier alpha value is -0.860. The van der Waals surface area contributed by atoms with Gasteiger partial charge in [0.2, 0.25) is 0 Å². The van der Waals surface area contributed by atoms with Crippen LogP contribution in [-0.4, -0.2) is 20.3 Å². The van der Waals surface area contributed by atoms with Crippen LogP contribution in [0, 0.1) is 5.92 Å². The predicted octanol–water partition coefficient (Wildman–Crippen LogP) is 4.50. The van der Waals surface area contributed by atoms with Crippen LogP contribution in [0.2, 0.25) is 0 Å². The molecule has 0 radical (unpaired) electrons. The van der Waals surface area contributed by atoms with Crippen LogP contribution in [0.15, 0.2) is 24.3 Å². The highest BCUT2D eigenvalue weighted by Crippen LogP contribution is 2.24. The summed E-state index contributed by atoms with van der Waals surface area (Å²) in [6, 6.07) is 9.31. The zero-order valence-corrected chi connectivity index (χ0v) is 13.7. The topological polar surface area (TPSA) is 21.3 Å². The van der Waals surface area contributed by atoms with Crippen LogP contribution in [0.5, 0.6) is 0 Å². The first kappa shape index (κ1) is 16.5. The van der Waals surface area contributed by atoms with Crippen molar-refractivity contribution < 1.29 is 4.74 Å². The fourth-order valence-corrected chi connectivity index (χ4v) is 3.26. The SMILES string of the molecule is CCCc1ccc(C(COCC2CCCCC2)NC)cc1. The van der Waals surface area contributed by atoms with E-state index >= 15 is 0 Å². The van der Waals surface area contributed by atoms with Gasteiger partial charge in [-0.15, -0.1) is 0 Å². The Kier molecular flexibility index (Phi) is 7.25. The van der Waals surface area contributed by atoms with Gasteiger partial charge in [-0.2, -0.15) is 0 Å². The lowest BCUT2D eigenvalue weighted by Gasteiger charge is -2.23. The number of rotatable bonds is 8. The fraction of sp³-hybridized carbons (Fsp3) is 0.684. The van der Waals surface area contributed by atoms with Crippen LogP contribution in [0.25, 0.3) is 0 Å². The normalized spacial score (nSPS) is 17.8. The van der Waals surface area contributed by atoms with E-state index in [-0.39, 0.29) is 0 Å². The van der Waals surface area contributed by atoms with E-state index in [1.807, 2.05) is 7.05 Å². The highest BCUT2D eigenvalue weighted by Gasteiger charge is 2.15. The van der Waals surface area contributed by atoms with E-state index in [2.05, 4.69) is 36.5 Å². The molecule has 1 unspecified atom stereocenters. The van der Waals surface area contributed by atoms with Crippen molar-refractivity contribution in [3.63, 3.8) is 0 Å². The fourth-order valence-electron chi connectivity index (χ4n) is 3.26. The Bertz CT molecular complexity index is 381. The second-order valence-electron chi connectivity index (χ2n) is 6.37. The lowest BCUT2D eigenvalue weighted by atomic mass is 9.90. The Labute approximate surface area is 130 Å². The van der Waals surface area contributed by atoms with Crippen LogP contribution >= 0.6 is 0 Å². The van der Waals surface area contributed by atoms with E-state index in [1.54, 1.807) is 0 Å². The van der Waals surface area contributed by atoms with Gasteiger partial charge < -0.3 is 10.1 Å². The number of hydrogen-bond donors (Lipinski definition) is 1. The molecule has 1 aliphatic rings. The molecule has 0 saturated heterocycles. The largest absolute Gasteiger partial charge is 0.379 e. The Morgan fingerprint density at radius 2 is 1.86 bits per heavy atom. The molecule has 0 aromatic heterocycles. The van der Waals surface area contributed by atoms with E-state index in [0.29, 0.717) is 6.04 Å². The first-order chi connectivity index (χ1) is 10.3. The van der Waals surface area contributed by atoms with Gasteiger partial charge in [0.15, 0.2) is 0 Å². The molecule has 2 rings (SSSR count). The van der Waals surface area contributed by atoms with Crippen molar-refractivity contribution in [2.45, 2.75) is 57.9 Å². The van der Waals surface area contributed by atoms with Gasteiger partial charge in [0, 0.05) is 6.61 Å². The number of benzene rings is 1. The minimum absolute atomic E-state index is 0.310. The summed E-state index contributed by atoms with van der Waals surface area (Å²) >= 11 is 0. The molecule has 0 amide bonds. The summed E-state index contributed by atoms with van der Waals surface area (Å²) in [5.74, 6) is 0.795. The van der Waals surface area contributed by atoms with Gasteiger partial charge in [0.1, 0.15) is 0 Å². The van der Waals surface area contributed by atoms with Crippen LogP contribution in [0.4, 0.5) is 0 Å². The van der Waals surface area contributed by atoms with Crippen LogP contribution < -0.4 is 5.32 Å². The van der Waals surface area contributed by atoms with E-state index < -0.39 is 0 Å². The van der Waals surface area contributed by atoms with Crippen LogP contribution in [-0.2, 0) is 11.2 Å². The van der Waals surface area contributed by atoms with Crippen molar-refractivity contribution in [3.8, 4) is 0 Å². The third-order valence-corrected chi connectivity index (χ3v) is 4.63. The molecule has 0 aliphatic heterocycles. The molecular weight excluding hydrogens is 258 g/mol. The molecular formula is C19H31NO. The van der Waals surface area contributed by atoms with Crippen molar-refractivity contribution in [3.05, 3.63) is 35.4 Å². The van der Waals surface area contributed by atoms with Gasteiger partial charge in [0.25, 0.3) is 0 Å². The number of likely N-dealkylation sites (N-methyl/N-ethyl adjacent to an activating group) is 1. The molecule has 0 bridgehead atoms. The molecule has 1 fully saturated rings.